The van der Waals surface area contributed by atoms with Crippen LogP contribution in [0.15, 0.2) is 22.7 Å². The summed E-state index contributed by atoms with van der Waals surface area (Å²) in [5.41, 5.74) is 1.93. The van der Waals surface area contributed by atoms with Gasteiger partial charge in [0.15, 0.2) is 0 Å². The van der Waals surface area contributed by atoms with E-state index in [9.17, 15) is 4.79 Å². The number of anilines is 1. The standard InChI is InChI=1S/C14H20BrN3O/c1-10-9-12(3-4-13(10)15)17-14(19)16-11-5-7-18(2)8-6-11/h3-4,9,11H,5-8H2,1-2H3,(H2,16,17,19). The van der Waals surface area contributed by atoms with E-state index in [0.717, 1.165) is 41.7 Å². The number of hydrogen-bond acceptors (Lipinski definition) is 2. The van der Waals surface area contributed by atoms with Gasteiger partial charge in [0, 0.05) is 16.2 Å². The molecular formula is C14H20BrN3O. The van der Waals surface area contributed by atoms with Crippen molar-refractivity contribution in [1.29, 1.82) is 0 Å². The highest BCUT2D eigenvalue weighted by atomic mass is 79.9. The number of carbonyl (C=O) groups excluding carboxylic acids is 1. The van der Waals surface area contributed by atoms with Gasteiger partial charge in [-0.2, -0.15) is 0 Å². The number of piperidine rings is 1. The van der Waals surface area contributed by atoms with Crippen LogP contribution in [-0.4, -0.2) is 37.1 Å². The second-order valence-electron chi connectivity index (χ2n) is 5.14. The van der Waals surface area contributed by atoms with E-state index in [1.54, 1.807) is 0 Å². The average molecular weight is 326 g/mol. The second-order valence-corrected chi connectivity index (χ2v) is 5.99. The lowest BCUT2D eigenvalue weighted by molar-refractivity contribution is 0.221. The summed E-state index contributed by atoms with van der Waals surface area (Å²) in [5, 5.41) is 5.92. The van der Waals surface area contributed by atoms with Crippen LogP contribution in [0, 0.1) is 6.92 Å². The van der Waals surface area contributed by atoms with Crippen LogP contribution in [0.4, 0.5) is 10.5 Å². The van der Waals surface area contributed by atoms with Gasteiger partial charge in [-0.05, 0) is 63.7 Å². The Morgan fingerprint density at radius 3 is 2.68 bits per heavy atom. The van der Waals surface area contributed by atoms with Crippen molar-refractivity contribution in [2.24, 2.45) is 0 Å². The van der Waals surface area contributed by atoms with Gasteiger partial charge in [-0.15, -0.1) is 0 Å². The van der Waals surface area contributed by atoms with Crippen molar-refractivity contribution >= 4 is 27.6 Å². The number of hydrogen-bond donors (Lipinski definition) is 2. The molecule has 104 valence electrons. The van der Waals surface area contributed by atoms with Crippen LogP contribution in [0.1, 0.15) is 18.4 Å². The summed E-state index contributed by atoms with van der Waals surface area (Å²) in [4.78, 5) is 14.2. The topological polar surface area (TPSA) is 44.4 Å². The first-order valence-electron chi connectivity index (χ1n) is 6.57. The van der Waals surface area contributed by atoms with Gasteiger partial charge >= 0.3 is 6.03 Å². The highest BCUT2D eigenvalue weighted by Crippen LogP contribution is 2.20. The molecule has 0 saturated carbocycles. The largest absolute Gasteiger partial charge is 0.335 e. The molecule has 1 saturated heterocycles. The van der Waals surface area contributed by atoms with E-state index in [2.05, 4.69) is 38.5 Å². The predicted octanol–water partition coefficient (Wildman–Crippen LogP) is 2.97. The first-order chi connectivity index (χ1) is 9.04. The Balaban J connectivity index is 1.85. The van der Waals surface area contributed by atoms with E-state index < -0.39 is 0 Å². The third-order valence-electron chi connectivity index (χ3n) is 3.47. The molecule has 0 radical (unpaired) electrons. The minimum Gasteiger partial charge on any atom is -0.335 e. The van der Waals surface area contributed by atoms with Gasteiger partial charge < -0.3 is 15.5 Å². The number of aryl methyl sites for hydroxylation is 1. The van der Waals surface area contributed by atoms with Crippen molar-refractivity contribution < 1.29 is 4.79 Å². The number of rotatable bonds is 2. The lowest BCUT2D eigenvalue weighted by Crippen LogP contribution is -2.44. The quantitative estimate of drug-likeness (QED) is 0.878. The van der Waals surface area contributed by atoms with Gasteiger partial charge in [0.25, 0.3) is 0 Å². The summed E-state index contributed by atoms with van der Waals surface area (Å²) in [5.74, 6) is 0. The van der Waals surface area contributed by atoms with Crippen molar-refractivity contribution in [2.45, 2.75) is 25.8 Å². The fourth-order valence-electron chi connectivity index (χ4n) is 2.23. The van der Waals surface area contributed by atoms with Crippen LogP contribution in [-0.2, 0) is 0 Å². The molecule has 5 heteroatoms. The molecule has 2 amide bonds. The summed E-state index contributed by atoms with van der Waals surface area (Å²) in [7, 11) is 2.11. The van der Waals surface area contributed by atoms with Crippen molar-refractivity contribution in [3.05, 3.63) is 28.2 Å². The first kappa shape index (κ1) is 14.3. The lowest BCUT2D eigenvalue weighted by atomic mass is 10.1. The van der Waals surface area contributed by atoms with E-state index in [1.165, 1.54) is 0 Å². The summed E-state index contributed by atoms with van der Waals surface area (Å²) >= 11 is 3.45. The molecule has 1 fully saturated rings. The molecule has 2 rings (SSSR count). The Bertz CT molecular complexity index is 456. The third-order valence-corrected chi connectivity index (χ3v) is 4.36. The molecule has 0 aromatic heterocycles. The van der Waals surface area contributed by atoms with Crippen LogP contribution in [0.5, 0.6) is 0 Å². The van der Waals surface area contributed by atoms with Gasteiger partial charge in [0.1, 0.15) is 0 Å². The van der Waals surface area contributed by atoms with Crippen molar-refractivity contribution in [2.75, 3.05) is 25.5 Å². The predicted molar refractivity (Wildman–Crippen MR) is 81.6 cm³/mol. The monoisotopic (exact) mass is 325 g/mol. The fraction of sp³-hybridized carbons (Fsp3) is 0.500. The molecule has 1 aromatic carbocycles. The van der Waals surface area contributed by atoms with Gasteiger partial charge in [-0.25, -0.2) is 4.79 Å². The van der Waals surface area contributed by atoms with Crippen LogP contribution in [0.3, 0.4) is 0 Å². The van der Waals surface area contributed by atoms with Gasteiger partial charge in [-0.1, -0.05) is 15.9 Å². The molecule has 0 aliphatic carbocycles. The van der Waals surface area contributed by atoms with E-state index in [-0.39, 0.29) is 12.1 Å². The number of nitrogens with zero attached hydrogens (tertiary/aromatic N) is 1. The Kier molecular flexibility index (Phi) is 4.82. The molecule has 4 nitrogen and oxygen atoms in total. The van der Waals surface area contributed by atoms with Crippen LogP contribution < -0.4 is 10.6 Å². The Morgan fingerprint density at radius 2 is 2.05 bits per heavy atom. The molecule has 2 N–H and O–H groups in total. The summed E-state index contributed by atoms with van der Waals surface area (Å²) < 4.78 is 1.05. The Hall–Kier alpha value is -1.07. The van der Waals surface area contributed by atoms with E-state index in [0.29, 0.717) is 0 Å². The maximum Gasteiger partial charge on any atom is 0.319 e. The smallest absolute Gasteiger partial charge is 0.319 e. The minimum absolute atomic E-state index is 0.115. The summed E-state index contributed by atoms with van der Waals surface area (Å²) in [6.07, 6.45) is 2.03. The second kappa shape index (κ2) is 6.39. The van der Waals surface area contributed by atoms with E-state index >= 15 is 0 Å². The minimum atomic E-state index is -0.115. The normalized spacial score (nSPS) is 17.2. The molecule has 0 bridgehead atoms. The SMILES string of the molecule is Cc1cc(NC(=O)NC2CCN(C)CC2)ccc1Br. The maximum atomic E-state index is 11.9. The lowest BCUT2D eigenvalue weighted by Gasteiger charge is -2.29. The average Bonchev–Trinajstić information content (AvgIpc) is 2.37. The van der Waals surface area contributed by atoms with E-state index in [4.69, 9.17) is 0 Å². The number of carbonyl (C=O) groups is 1. The molecule has 0 atom stereocenters. The fourth-order valence-corrected chi connectivity index (χ4v) is 2.47. The molecule has 1 aromatic rings. The van der Waals surface area contributed by atoms with Gasteiger partial charge in [-0.3, -0.25) is 0 Å². The molecule has 0 unspecified atom stereocenters. The first-order valence-corrected chi connectivity index (χ1v) is 7.36. The number of likely N-dealkylation sites (tertiary alicyclic amines) is 1. The van der Waals surface area contributed by atoms with Crippen molar-refractivity contribution in [1.82, 2.24) is 10.2 Å². The van der Waals surface area contributed by atoms with Crippen molar-refractivity contribution in [3.8, 4) is 0 Å². The zero-order valence-electron chi connectivity index (χ0n) is 11.4. The molecule has 1 aliphatic rings. The number of nitrogens with one attached hydrogen (secondary N) is 2. The number of halogens is 1. The Morgan fingerprint density at radius 1 is 1.37 bits per heavy atom. The Labute approximate surface area is 122 Å². The van der Waals surface area contributed by atoms with Gasteiger partial charge in [0.2, 0.25) is 0 Å². The maximum absolute atomic E-state index is 11.9. The third kappa shape index (κ3) is 4.21. The molecule has 0 spiro atoms. The van der Waals surface area contributed by atoms with Gasteiger partial charge in [0.05, 0.1) is 0 Å². The number of amides is 2. The van der Waals surface area contributed by atoms with E-state index in [1.807, 2.05) is 25.1 Å². The molecule has 1 heterocycles. The highest BCUT2D eigenvalue weighted by molar-refractivity contribution is 9.10. The van der Waals surface area contributed by atoms with Crippen LogP contribution >= 0.6 is 15.9 Å². The summed E-state index contributed by atoms with van der Waals surface area (Å²) in [6.45, 7) is 4.09. The number of urea groups is 1. The van der Waals surface area contributed by atoms with Crippen LogP contribution in [0.2, 0.25) is 0 Å². The van der Waals surface area contributed by atoms with Crippen molar-refractivity contribution in [3.63, 3.8) is 0 Å². The molecular weight excluding hydrogens is 306 g/mol. The zero-order chi connectivity index (χ0) is 13.8. The summed E-state index contributed by atoms with van der Waals surface area (Å²) in [6, 6.07) is 5.97. The molecule has 19 heavy (non-hydrogen) atoms. The highest BCUT2D eigenvalue weighted by Gasteiger charge is 2.18. The number of benzene rings is 1. The molecule has 1 aliphatic heterocycles. The van der Waals surface area contributed by atoms with Crippen LogP contribution in [0.25, 0.3) is 0 Å². The zero-order valence-corrected chi connectivity index (χ0v) is 13.0.